The maximum absolute atomic E-state index is 12.8. The molecule has 1 amide bonds. The zero-order valence-electron chi connectivity index (χ0n) is 16.5. The number of halogens is 1. The first-order valence-corrected chi connectivity index (χ1v) is 10.7. The molecule has 32 heavy (non-hydrogen) atoms. The number of fused-ring (bicyclic) bond motifs is 2. The van der Waals surface area contributed by atoms with E-state index in [0.29, 0.717) is 26.0 Å². The third-order valence-electron chi connectivity index (χ3n) is 5.92. The molecule has 2 aliphatic rings. The van der Waals surface area contributed by atoms with E-state index in [9.17, 15) is 30.3 Å². The maximum atomic E-state index is 12.8. The Balaban J connectivity index is 1.81. The largest absolute Gasteiger partial charge is 0.494 e. The Morgan fingerprint density at radius 3 is 2.56 bits per heavy atom. The van der Waals surface area contributed by atoms with E-state index in [4.69, 9.17) is 4.74 Å². The first-order chi connectivity index (χ1) is 15.3. The van der Waals surface area contributed by atoms with Crippen molar-refractivity contribution in [2.45, 2.75) is 30.6 Å². The highest BCUT2D eigenvalue weighted by molar-refractivity contribution is 9.10. The lowest BCUT2D eigenvalue weighted by molar-refractivity contribution is -0.251. The van der Waals surface area contributed by atoms with Crippen LogP contribution in [0.2, 0.25) is 0 Å². The zero-order chi connectivity index (χ0) is 22.7. The highest BCUT2D eigenvalue weighted by Gasteiger charge is 2.46. The van der Waals surface area contributed by atoms with E-state index in [1.165, 1.54) is 4.57 Å². The molecule has 5 atom stereocenters. The number of hydrogen-bond donors (Lipinski definition) is 5. The van der Waals surface area contributed by atoms with E-state index in [1.807, 2.05) is 0 Å². The topological polar surface area (TPSA) is 145 Å². The molecule has 0 aliphatic carbocycles. The van der Waals surface area contributed by atoms with E-state index in [2.05, 4.69) is 20.9 Å². The maximum Gasteiger partial charge on any atom is 0.279 e. The van der Waals surface area contributed by atoms with Crippen LogP contribution < -0.4 is 10.6 Å². The molecule has 5 rings (SSSR count). The normalized spacial score (nSPS) is 27.6. The number of nitrogens with zero attached hydrogens (tertiary/aromatic N) is 2. The third-order valence-corrected chi connectivity index (χ3v) is 6.41. The quantitative estimate of drug-likeness (QED) is 0.322. The second kappa shape index (κ2) is 7.77. The number of aliphatic hydroxyl groups excluding tert-OH is 4. The Kier molecular flexibility index (Phi) is 5.16. The molecule has 1 fully saturated rings. The van der Waals surface area contributed by atoms with Gasteiger partial charge in [-0.1, -0.05) is 34.1 Å². The van der Waals surface area contributed by atoms with E-state index >= 15 is 0 Å². The van der Waals surface area contributed by atoms with E-state index in [1.54, 1.807) is 42.5 Å². The van der Waals surface area contributed by atoms with Crippen LogP contribution in [0.3, 0.4) is 0 Å². The number of aromatic hydroxyl groups is 1. The molecule has 1 aromatic heterocycles. The molecule has 3 heterocycles. The lowest BCUT2D eigenvalue weighted by atomic mass is 9.98. The summed E-state index contributed by atoms with van der Waals surface area (Å²) in [5.41, 5.74) is 0.816. The summed E-state index contributed by atoms with van der Waals surface area (Å²) < 4.78 is 7.61. The number of amides is 1. The predicted molar refractivity (Wildman–Crippen MR) is 115 cm³/mol. The third kappa shape index (κ3) is 3.03. The van der Waals surface area contributed by atoms with Crippen LogP contribution in [0.4, 0.5) is 0 Å². The van der Waals surface area contributed by atoms with Crippen LogP contribution in [0, 0.1) is 0 Å². The van der Waals surface area contributed by atoms with Crippen LogP contribution in [0.1, 0.15) is 11.8 Å². The van der Waals surface area contributed by atoms with Crippen molar-refractivity contribution >= 4 is 38.3 Å². The van der Waals surface area contributed by atoms with Crippen LogP contribution >= 0.6 is 15.9 Å². The number of carbonyl (C=O) groups excluding carboxylic acids is 1. The van der Waals surface area contributed by atoms with Gasteiger partial charge in [-0.3, -0.25) is 9.36 Å². The van der Waals surface area contributed by atoms with E-state index < -0.39 is 43.2 Å². The number of para-hydroxylation sites is 1. The molecule has 10 heteroatoms. The smallest absolute Gasteiger partial charge is 0.279 e. The van der Waals surface area contributed by atoms with Crippen molar-refractivity contribution in [3.63, 3.8) is 0 Å². The molecule has 5 N–H and O–H groups in total. The SMILES string of the molecule is O=C1N=c2ccccc2=C1c1c(O)n([C@@H]2O[C@H](CO)[C@@H](O)[C@H](O)[C@H]2O)c2ccc(Br)cc12. The molecule has 0 radical (unpaired) electrons. The van der Waals surface area contributed by atoms with Gasteiger partial charge in [-0.05, 0) is 24.3 Å². The minimum atomic E-state index is -1.63. The summed E-state index contributed by atoms with van der Waals surface area (Å²) in [5, 5.41) is 53.4. The number of ether oxygens (including phenoxy) is 1. The number of rotatable bonds is 3. The van der Waals surface area contributed by atoms with Crippen LogP contribution in [0.25, 0.3) is 16.5 Å². The number of carbonyl (C=O) groups is 1. The molecule has 3 aromatic rings. The Bertz CT molecular complexity index is 1370. The number of aromatic nitrogens is 1. The Morgan fingerprint density at radius 1 is 1.06 bits per heavy atom. The van der Waals surface area contributed by atoms with Gasteiger partial charge in [-0.15, -0.1) is 0 Å². The first kappa shape index (κ1) is 21.3. The van der Waals surface area contributed by atoms with E-state index in [0.717, 1.165) is 0 Å². The average molecular weight is 503 g/mol. The van der Waals surface area contributed by atoms with E-state index in [-0.39, 0.29) is 17.0 Å². The second-order valence-electron chi connectivity index (χ2n) is 7.76. The van der Waals surface area contributed by atoms with Crippen molar-refractivity contribution in [3.05, 3.63) is 63.1 Å². The molecular weight excluding hydrogens is 484 g/mol. The highest BCUT2D eigenvalue weighted by atomic mass is 79.9. The summed E-state index contributed by atoms with van der Waals surface area (Å²) in [6, 6.07) is 12.0. The van der Waals surface area contributed by atoms with Crippen molar-refractivity contribution in [1.82, 2.24) is 4.57 Å². The first-order valence-electron chi connectivity index (χ1n) is 9.89. The molecule has 2 aromatic carbocycles. The van der Waals surface area contributed by atoms with Crippen LogP contribution in [0.15, 0.2) is 51.9 Å². The minimum Gasteiger partial charge on any atom is -0.494 e. The molecule has 166 valence electrons. The number of hydrogen-bond acceptors (Lipinski definition) is 7. The summed E-state index contributed by atoms with van der Waals surface area (Å²) in [7, 11) is 0. The van der Waals surface area contributed by atoms with Crippen molar-refractivity contribution in [2.75, 3.05) is 6.61 Å². The molecule has 2 aliphatic heterocycles. The Morgan fingerprint density at radius 2 is 1.81 bits per heavy atom. The molecule has 0 unspecified atom stereocenters. The monoisotopic (exact) mass is 502 g/mol. The van der Waals surface area contributed by atoms with Gasteiger partial charge in [0.25, 0.3) is 5.91 Å². The Labute approximate surface area is 189 Å². The molecule has 1 saturated heterocycles. The van der Waals surface area contributed by atoms with Gasteiger partial charge >= 0.3 is 0 Å². The summed E-state index contributed by atoms with van der Waals surface area (Å²) in [6.45, 7) is -0.609. The zero-order valence-corrected chi connectivity index (χ0v) is 18.0. The van der Waals surface area contributed by atoms with Gasteiger partial charge in [0.2, 0.25) is 5.88 Å². The molecule has 0 saturated carbocycles. The lowest BCUT2D eigenvalue weighted by Gasteiger charge is -2.40. The van der Waals surface area contributed by atoms with Gasteiger partial charge < -0.3 is 30.3 Å². The predicted octanol–water partition coefficient (Wildman–Crippen LogP) is -0.559. The number of benzene rings is 2. The Hall–Kier alpha value is -2.60. The minimum absolute atomic E-state index is 0.199. The summed E-state index contributed by atoms with van der Waals surface area (Å²) in [6.07, 6.45) is -7.29. The summed E-state index contributed by atoms with van der Waals surface area (Å²) in [5.74, 6) is -0.896. The van der Waals surface area contributed by atoms with Crippen molar-refractivity contribution in [3.8, 4) is 5.88 Å². The van der Waals surface area contributed by atoms with Crippen molar-refractivity contribution in [1.29, 1.82) is 0 Å². The summed E-state index contributed by atoms with van der Waals surface area (Å²) >= 11 is 3.41. The van der Waals surface area contributed by atoms with Gasteiger partial charge in [-0.25, -0.2) is 4.99 Å². The summed E-state index contributed by atoms with van der Waals surface area (Å²) in [4.78, 5) is 16.9. The fourth-order valence-electron chi connectivity index (χ4n) is 4.38. The fraction of sp³-hybridized carbons (Fsp3) is 0.273. The van der Waals surface area contributed by atoms with Gasteiger partial charge in [0.15, 0.2) is 6.23 Å². The standard InChI is InChI=1S/C22H19BrN2O7/c23-9-5-6-13-11(7-9)16(15-10-3-1-2-4-12(10)24-20(15)30)21(31)25(13)22-19(29)18(28)17(27)14(8-26)32-22/h1-7,14,17-19,22,26-29,31H,8H2/t14-,17-,18+,19-,22-/m1/s1. The molecule has 0 bridgehead atoms. The van der Waals surface area contributed by atoms with Gasteiger partial charge in [0.1, 0.15) is 24.4 Å². The fourth-order valence-corrected chi connectivity index (χ4v) is 4.74. The van der Waals surface area contributed by atoms with Crippen molar-refractivity contribution < 1.29 is 35.1 Å². The van der Waals surface area contributed by atoms with Crippen LogP contribution in [-0.2, 0) is 9.53 Å². The van der Waals surface area contributed by atoms with Gasteiger partial charge in [-0.2, -0.15) is 0 Å². The van der Waals surface area contributed by atoms with Crippen LogP contribution in [-0.4, -0.2) is 67.0 Å². The van der Waals surface area contributed by atoms with Crippen molar-refractivity contribution in [2.24, 2.45) is 4.99 Å². The van der Waals surface area contributed by atoms with Crippen LogP contribution in [0.5, 0.6) is 5.88 Å². The average Bonchev–Trinajstić information content (AvgIpc) is 3.24. The molecule has 9 nitrogen and oxygen atoms in total. The molecule has 0 spiro atoms. The second-order valence-corrected chi connectivity index (χ2v) is 8.67. The van der Waals surface area contributed by atoms with Gasteiger partial charge in [0.05, 0.1) is 28.6 Å². The lowest BCUT2D eigenvalue weighted by Crippen LogP contribution is -2.56. The molecular formula is C22H19BrN2O7. The van der Waals surface area contributed by atoms with Gasteiger partial charge in [0, 0.05) is 15.1 Å². The highest BCUT2D eigenvalue weighted by Crippen LogP contribution is 2.42. The number of aliphatic hydroxyl groups is 4.